The molecule has 1 aromatic carbocycles. The Labute approximate surface area is 239 Å². The summed E-state index contributed by atoms with van der Waals surface area (Å²) < 4.78 is 74.0. The van der Waals surface area contributed by atoms with E-state index in [4.69, 9.17) is 47.2 Å². The molecule has 0 aromatic heterocycles. The summed E-state index contributed by atoms with van der Waals surface area (Å²) in [6.07, 6.45) is -3.36. The lowest BCUT2D eigenvalue weighted by atomic mass is 10.1. The second-order valence-electron chi connectivity index (χ2n) is 10.4. The van der Waals surface area contributed by atoms with Crippen molar-refractivity contribution >= 4 is 18.5 Å². The summed E-state index contributed by atoms with van der Waals surface area (Å²) >= 11 is 0. The maximum atomic E-state index is 12.3. The smallest absolute Gasteiger partial charge is 0.297 e. The number of ether oxygens (including phenoxy) is 8. The van der Waals surface area contributed by atoms with Gasteiger partial charge in [0.1, 0.15) is 36.6 Å². The molecular weight excluding hydrogens is 547 g/mol. The second-order valence-corrected chi connectivity index (χ2v) is 12.0. The lowest BCUT2D eigenvalue weighted by Gasteiger charge is -2.23. The highest BCUT2D eigenvalue weighted by Gasteiger charge is 2.56. The molecule has 227 valence electrons. The van der Waals surface area contributed by atoms with Crippen molar-refractivity contribution in [3.8, 4) is 0 Å². The van der Waals surface area contributed by atoms with Crippen LogP contribution in [0.2, 0.25) is 0 Å². The summed E-state index contributed by atoms with van der Waals surface area (Å²) in [7, 11) is -0.809. The molecule has 0 spiro atoms. The van der Waals surface area contributed by atoms with Gasteiger partial charge in [-0.15, -0.1) is 0 Å². The van der Waals surface area contributed by atoms with Crippen LogP contribution in [0.5, 0.6) is 0 Å². The van der Waals surface area contributed by atoms with Gasteiger partial charge in [-0.1, -0.05) is 25.1 Å². The fraction of sp³-hybridized carbons (Fsp3) is 0.769. The van der Waals surface area contributed by atoms with Crippen LogP contribution in [-0.4, -0.2) is 110 Å². The van der Waals surface area contributed by atoms with Gasteiger partial charge in [-0.3, -0.25) is 4.18 Å². The van der Waals surface area contributed by atoms with Gasteiger partial charge in [0.05, 0.1) is 18.1 Å². The summed E-state index contributed by atoms with van der Waals surface area (Å²) in [6.45, 7) is 8.89. The third-order valence-electron chi connectivity index (χ3n) is 6.56. The number of hydrogen-bond acceptors (Lipinski definition) is 12. The minimum Gasteiger partial charge on any atom is -0.394 e. The minimum absolute atomic E-state index is 0. The Morgan fingerprint density at radius 2 is 1.23 bits per heavy atom. The minimum atomic E-state index is -3.86. The largest absolute Gasteiger partial charge is 0.394 e. The number of hydrogen-bond donors (Lipinski definition) is 1. The van der Waals surface area contributed by atoms with Crippen LogP contribution in [0.3, 0.4) is 0 Å². The number of rotatable bonds is 7. The molecule has 4 aliphatic heterocycles. The molecule has 40 heavy (non-hydrogen) atoms. The SMILES string of the molecule is C.COC1O[C@H](CO)[C@H]2OC(C)(C)O[C@@H]12.COC1O[C@H](COS(=O)(=O)c2ccc(C)cc2)[C@H]2OC(C)(C)O[C@@H]12.[B]. The van der Waals surface area contributed by atoms with Crippen LogP contribution < -0.4 is 0 Å². The summed E-state index contributed by atoms with van der Waals surface area (Å²) in [6, 6.07) is 6.46. The van der Waals surface area contributed by atoms with Crippen molar-refractivity contribution in [2.75, 3.05) is 27.4 Å². The summed E-state index contributed by atoms with van der Waals surface area (Å²) in [5.74, 6) is -1.40. The van der Waals surface area contributed by atoms with Crippen LogP contribution in [0.4, 0.5) is 0 Å². The zero-order chi connectivity index (χ0) is 27.9. The third kappa shape index (κ3) is 7.61. The van der Waals surface area contributed by atoms with E-state index in [0.29, 0.717) is 0 Å². The molecule has 0 saturated carbocycles. The third-order valence-corrected chi connectivity index (χ3v) is 7.85. The van der Waals surface area contributed by atoms with Gasteiger partial charge in [0.15, 0.2) is 24.2 Å². The van der Waals surface area contributed by atoms with Crippen molar-refractivity contribution in [1.82, 2.24) is 0 Å². The Kier molecular flexibility index (Phi) is 11.8. The number of aryl methyl sites for hydroxylation is 1. The van der Waals surface area contributed by atoms with Gasteiger partial charge in [0, 0.05) is 22.6 Å². The van der Waals surface area contributed by atoms with Crippen molar-refractivity contribution in [2.24, 2.45) is 0 Å². The summed E-state index contributed by atoms with van der Waals surface area (Å²) in [4.78, 5) is 0.106. The van der Waals surface area contributed by atoms with Gasteiger partial charge in [-0.2, -0.15) is 8.42 Å². The number of methoxy groups -OCH3 is 2. The van der Waals surface area contributed by atoms with Crippen molar-refractivity contribution in [3.05, 3.63) is 29.8 Å². The summed E-state index contributed by atoms with van der Waals surface area (Å²) in [5.41, 5.74) is 0.970. The predicted molar refractivity (Wildman–Crippen MR) is 143 cm³/mol. The molecule has 4 saturated heterocycles. The van der Waals surface area contributed by atoms with E-state index >= 15 is 0 Å². The Morgan fingerprint density at radius 3 is 1.68 bits per heavy atom. The molecule has 0 aliphatic carbocycles. The lowest BCUT2D eigenvalue weighted by molar-refractivity contribution is -0.230. The van der Waals surface area contributed by atoms with E-state index in [-0.39, 0.29) is 52.3 Å². The fourth-order valence-corrected chi connectivity index (χ4v) is 5.79. The average molecular weight is 589 g/mol. The van der Waals surface area contributed by atoms with Crippen molar-refractivity contribution in [3.63, 3.8) is 0 Å². The maximum Gasteiger partial charge on any atom is 0.297 e. The Morgan fingerprint density at radius 1 is 0.800 bits per heavy atom. The van der Waals surface area contributed by atoms with Gasteiger partial charge in [-0.25, -0.2) is 0 Å². The van der Waals surface area contributed by atoms with E-state index in [1.165, 1.54) is 19.2 Å². The van der Waals surface area contributed by atoms with Crippen LogP contribution in [0.1, 0.15) is 40.7 Å². The van der Waals surface area contributed by atoms with Crippen molar-refractivity contribution in [1.29, 1.82) is 0 Å². The van der Waals surface area contributed by atoms with Crippen molar-refractivity contribution in [2.45, 2.75) is 108 Å². The number of aliphatic hydroxyl groups is 1. The van der Waals surface area contributed by atoms with E-state index in [2.05, 4.69) is 0 Å². The number of fused-ring (bicyclic) bond motifs is 2. The van der Waals surface area contributed by atoms with Crippen LogP contribution in [0, 0.1) is 6.92 Å². The van der Waals surface area contributed by atoms with E-state index in [1.54, 1.807) is 33.1 Å². The Bertz CT molecular complexity index is 1030. The van der Waals surface area contributed by atoms with E-state index in [1.807, 2.05) is 20.8 Å². The van der Waals surface area contributed by atoms with E-state index in [0.717, 1.165) is 5.56 Å². The zero-order valence-corrected chi connectivity index (χ0v) is 24.1. The molecule has 14 heteroatoms. The van der Waals surface area contributed by atoms with Crippen LogP contribution >= 0.6 is 0 Å². The standard InChI is InChI=1S/C16H22O7S.C9H16O5.CH4.B/c1-10-5-7-11(8-6-10)24(17,18)20-9-12-13-14(15(19-4)21-12)23-16(2,3)22-13;1-9(2)13-6-5(4-10)12-8(11-3)7(6)14-9;;/h5-8,12-15H,9H2,1-4H3;5-8,10H,4H2,1-3H3;1H4;/t12-,13-,14-,15?;5-,6-,7-,8?;;/m11../s1. The van der Waals surface area contributed by atoms with Gasteiger partial charge >= 0.3 is 0 Å². The lowest BCUT2D eigenvalue weighted by Crippen LogP contribution is -2.33. The molecule has 2 unspecified atom stereocenters. The molecule has 1 N–H and O–H groups in total. The maximum absolute atomic E-state index is 12.3. The van der Waals surface area contributed by atoms with E-state index < -0.39 is 52.6 Å². The average Bonchev–Trinajstić information content (AvgIpc) is 3.54. The molecule has 3 radical (unpaired) electrons. The summed E-state index contributed by atoms with van der Waals surface area (Å²) in [5, 5.41) is 9.08. The molecule has 4 fully saturated rings. The number of aliphatic hydroxyl groups excluding tert-OH is 1. The van der Waals surface area contributed by atoms with Crippen LogP contribution in [-0.2, 0) is 52.2 Å². The van der Waals surface area contributed by atoms with Gasteiger partial charge < -0.3 is 43.0 Å². The Balaban J connectivity index is 0.000000301. The Hall–Kier alpha value is -1.17. The number of benzene rings is 1. The molecule has 12 nitrogen and oxygen atoms in total. The highest BCUT2D eigenvalue weighted by atomic mass is 32.2. The van der Waals surface area contributed by atoms with Gasteiger partial charge in [0.25, 0.3) is 10.1 Å². The van der Waals surface area contributed by atoms with Crippen molar-refractivity contribution < 1.29 is 55.6 Å². The molecule has 4 aliphatic rings. The first-order chi connectivity index (χ1) is 17.8. The molecule has 0 bridgehead atoms. The van der Waals surface area contributed by atoms with E-state index in [9.17, 15) is 8.42 Å². The molecule has 1 aromatic rings. The monoisotopic (exact) mass is 589 g/mol. The van der Waals surface area contributed by atoms with Gasteiger partial charge in [0.2, 0.25) is 0 Å². The molecule has 5 rings (SSSR count). The molecular formula is C26H42BO12S. The first kappa shape index (κ1) is 35.0. The normalized spacial score (nSPS) is 35.1. The highest BCUT2D eigenvalue weighted by molar-refractivity contribution is 7.86. The van der Waals surface area contributed by atoms with Crippen LogP contribution in [0.25, 0.3) is 0 Å². The molecule has 4 heterocycles. The van der Waals surface area contributed by atoms with Gasteiger partial charge in [-0.05, 0) is 46.8 Å². The second kappa shape index (κ2) is 13.4. The first-order valence-corrected chi connectivity index (χ1v) is 13.8. The topological polar surface area (TPSA) is 137 Å². The zero-order valence-electron chi connectivity index (χ0n) is 23.3. The molecule has 0 amide bonds. The highest BCUT2D eigenvalue weighted by Crippen LogP contribution is 2.40. The molecule has 8 atom stereocenters. The quantitative estimate of drug-likeness (QED) is 0.366. The van der Waals surface area contributed by atoms with Crippen LogP contribution in [0.15, 0.2) is 29.2 Å². The predicted octanol–water partition coefficient (Wildman–Crippen LogP) is 1.72. The fourth-order valence-electron chi connectivity index (χ4n) is 4.87. The first-order valence-electron chi connectivity index (χ1n) is 12.4.